The highest BCUT2D eigenvalue weighted by molar-refractivity contribution is 6.42. The highest BCUT2D eigenvalue weighted by atomic mass is 35.5. The van der Waals surface area contributed by atoms with Gasteiger partial charge in [-0.3, -0.25) is 14.4 Å². The fourth-order valence-corrected chi connectivity index (χ4v) is 2.81. The van der Waals surface area contributed by atoms with Crippen LogP contribution in [0.3, 0.4) is 0 Å². The maximum absolute atomic E-state index is 12.3. The minimum atomic E-state index is -0.728. The van der Waals surface area contributed by atoms with Gasteiger partial charge < -0.3 is 19.7 Å². The van der Waals surface area contributed by atoms with E-state index in [9.17, 15) is 14.4 Å². The van der Waals surface area contributed by atoms with Crippen molar-refractivity contribution in [2.75, 3.05) is 26.8 Å². The van der Waals surface area contributed by atoms with Crippen molar-refractivity contribution >= 4 is 41.0 Å². The van der Waals surface area contributed by atoms with Crippen LogP contribution in [-0.2, 0) is 20.9 Å². The Hall–Kier alpha value is -2.77. The SMILES string of the molecule is CCOc1ccccc1C(=O)NCC(=O)OCC(=O)N(C)Cc1ccc(Cl)c(Cl)c1. The lowest BCUT2D eigenvalue weighted by atomic mass is 10.2. The average Bonchev–Trinajstić information content (AvgIpc) is 2.73. The van der Waals surface area contributed by atoms with Crippen LogP contribution in [0.25, 0.3) is 0 Å². The molecule has 1 N–H and O–H groups in total. The molecule has 0 aliphatic rings. The van der Waals surface area contributed by atoms with Gasteiger partial charge in [-0.2, -0.15) is 0 Å². The average molecular weight is 453 g/mol. The van der Waals surface area contributed by atoms with E-state index in [1.807, 2.05) is 6.92 Å². The second-order valence-corrected chi connectivity index (χ2v) is 7.09. The standard InChI is InChI=1S/C21H22Cl2N2O5/c1-3-29-18-7-5-4-6-15(18)21(28)24-11-20(27)30-13-19(26)25(2)12-14-8-9-16(22)17(23)10-14/h4-10H,3,11-13H2,1-2H3,(H,24,28). The quantitative estimate of drug-likeness (QED) is 0.589. The van der Waals surface area contributed by atoms with Crippen LogP contribution < -0.4 is 10.1 Å². The lowest BCUT2D eigenvalue weighted by molar-refractivity contribution is -0.150. The molecule has 2 rings (SSSR count). The van der Waals surface area contributed by atoms with Crippen LogP contribution in [0.2, 0.25) is 10.0 Å². The highest BCUT2D eigenvalue weighted by Gasteiger charge is 2.16. The molecule has 0 aliphatic carbocycles. The second kappa shape index (κ2) is 11.4. The summed E-state index contributed by atoms with van der Waals surface area (Å²) in [5.41, 5.74) is 1.09. The summed E-state index contributed by atoms with van der Waals surface area (Å²) in [6.45, 7) is 1.68. The maximum Gasteiger partial charge on any atom is 0.325 e. The van der Waals surface area contributed by atoms with Crippen molar-refractivity contribution in [3.8, 4) is 5.75 Å². The third kappa shape index (κ3) is 6.93. The molecular weight excluding hydrogens is 431 g/mol. The summed E-state index contributed by atoms with van der Waals surface area (Å²) in [6.07, 6.45) is 0. The number of benzene rings is 2. The molecule has 0 unspecified atom stereocenters. The Bertz CT molecular complexity index is 920. The molecule has 0 fully saturated rings. The van der Waals surface area contributed by atoms with Gasteiger partial charge in [0.25, 0.3) is 11.8 Å². The van der Waals surface area contributed by atoms with Crippen molar-refractivity contribution in [3.63, 3.8) is 0 Å². The molecule has 2 amide bonds. The molecule has 160 valence electrons. The summed E-state index contributed by atoms with van der Waals surface area (Å²) < 4.78 is 10.3. The van der Waals surface area contributed by atoms with Crippen LogP contribution in [0.15, 0.2) is 42.5 Å². The Balaban J connectivity index is 1.79. The zero-order chi connectivity index (χ0) is 22.1. The smallest absolute Gasteiger partial charge is 0.325 e. The van der Waals surface area contributed by atoms with Gasteiger partial charge in [-0.1, -0.05) is 41.4 Å². The van der Waals surface area contributed by atoms with E-state index >= 15 is 0 Å². The molecule has 0 atom stereocenters. The van der Waals surface area contributed by atoms with E-state index in [4.69, 9.17) is 32.7 Å². The topological polar surface area (TPSA) is 84.9 Å². The molecule has 30 heavy (non-hydrogen) atoms. The molecule has 0 saturated carbocycles. The molecule has 7 nitrogen and oxygen atoms in total. The van der Waals surface area contributed by atoms with Crippen molar-refractivity contribution in [3.05, 3.63) is 63.6 Å². The van der Waals surface area contributed by atoms with Gasteiger partial charge in [-0.05, 0) is 36.8 Å². The summed E-state index contributed by atoms with van der Waals surface area (Å²) in [6, 6.07) is 11.7. The van der Waals surface area contributed by atoms with Crippen LogP contribution in [0.1, 0.15) is 22.8 Å². The molecule has 9 heteroatoms. The van der Waals surface area contributed by atoms with Crippen LogP contribution in [0.5, 0.6) is 5.75 Å². The third-order valence-corrected chi connectivity index (χ3v) is 4.75. The van der Waals surface area contributed by atoms with Crippen molar-refractivity contribution in [1.29, 1.82) is 0 Å². The number of ether oxygens (including phenoxy) is 2. The predicted molar refractivity (Wildman–Crippen MR) is 114 cm³/mol. The number of rotatable bonds is 9. The van der Waals surface area contributed by atoms with Crippen molar-refractivity contribution in [2.45, 2.75) is 13.5 Å². The number of likely N-dealkylation sites (N-methyl/N-ethyl adjacent to an activating group) is 1. The molecule has 2 aromatic rings. The number of hydrogen-bond acceptors (Lipinski definition) is 5. The largest absolute Gasteiger partial charge is 0.493 e. The molecule has 2 aromatic carbocycles. The first-order chi connectivity index (χ1) is 14.3. The number of esters is 1. The summed E-state index contributed by atoms with van der Waals surface area (Å²) in [4.78, 5) is 37.7. The number of nitrogens with one attached hydrogen (secondary N) is 1. The minimum Gasteiger partial charge on any atom is -0.493 e. The fourth-order valence-electron chi connectivity index (χ4n) is 2.49. The van der Waals surface area contributed by atoms with E-state index in [2.05, 4.69) is 5.32 Å². The van der Waals surface area contributed by atoms with Gasteiger partial charge in [0, 0.05) is 13.6 Å². The highest BCUT2D eigenvalue weighted by Crippen LogP contribution is 2.23. The number of halogens is 2. The number of carbonyl (C=O) groups is 3. The monoisotopic (exact) mass is 452 g/mol. The van der Waals surface area contributed by atoms with E-state index in [-0.39, 0.29) is 13.1 Å². The van der Waals surface area contributed by atoms with Crippen LogP contribution in [0.4, 0.5) is 0 Å². The zero-order valence-electron chi connectivity index (χ0n) is 16.6. The van der Waals surface area contributed by atoms with Gasteiger partial charge in [0.2, 0.25) is 0 Å². The Morgan fingerprint density at radius 2 is 1.80 bits per heavy atom. The van der Waals surface area contributed by atoms with Gasteiger partial charge in [-0.15, -0.1) is 0 Å². The number of carbonyl (C=O) groups excluding carboxylic acids is 3. The van der Waals surface area contributed by atoms with Gasteiger partial charge in [0.15, 0.2) is 6.61 Å². The molecular formula is C21H22Cl2N2O5. The predicted octanol–water partition coefficient (Wildman–Crippen LogP) is 3.32. The third-order valence-electron chi connectivity index (χ3n) is 4.01. The lowest BCUT2D eigenvalue weighted by Crippen LogP contribution is -2.34. The van der Waals surface area contributed by atoms with Gasteiger partial charge in [0.05, 0.1) is 22.2 Å². The molecule has 0 saturated heterocycles. The van der Waals surface area contributed by atoms with E-state index in [1.54, 1.807) is 49.5 Å². The van der Waals surface area contributed by atoms with E-state index in [0.29, 0.717) is 28.0 Å². The maximum atomic E-state index is 12.3. The number of nitrogens with zero attached hydrogens (tertiary/aromatic N) is 1. The Morgan fingerprint density at radius 3 is 2.50 bits per heavy atom. The van der Waals surface area contributed by atoms with Gasteiger partial charge >= 0.3 is 5.97 Å². The molecule has 0 aromatic heterocycles. The van der Waals surface area contributed by atoms with E-state index in [1.165, 1.54) is 4.90 Å². The van der Waals surface area contributed by atoms with E-state index in [0.717, 1.165) is 5.56 Å². The molecule has 0 heterocycles. The molecule has 0 aliphatic heterocycles. The van der Waals surface area contributed by atoms with Crippen LogP contribution in [0, 0.1) is 0 Å². The summed E-state index contributed by atoms with van der Waals surface area (Å²) in [5, 5.41) is 3.27. The van der Waals surface area contributed by atoms with Gasteiger partial charge in [0.1, 0.15) is 12.3 Å². The second-order valence-electron chi connectivity index (χ2n) is 6.27. The molecule has 0 spiro atoms. The van der Waals surface area contributed by atoms with Crippen molar-refractivity contribution in [2.24, 2.45) is 0 Å². The lowest BCUT2D eigenvalue weighted by Gasteiger charge is -2.17. The summed E-state index contributed by atoms with van der Waals surface area (Å²) >= 11 is 11.8. The normalized spacial score (nSPS) is 10.3. The summed E-state index contributed by atoms with van der Waals surface area (Å²) in [7, 11) is 1.57. The van der Waals surface area contributed by atoms with Crippen LogP contribution >= 0.6 is 23.2 Å². The summed E-state index contributed by atoms with van der Waals surface area (Å²) in [5.74, 6) is -1.18. The first-order valence-corrected chi connectivity index (χ1v) is 9.91. The van der Waals surface area contributed by atoms with Crippen molar-refractivity contribution in [1.82, 2.24) is 10.2 Å². The molecule has 0 radical (unpaired) electrons. The number of para-hydroxylation sites is 1. The number of hydrogen-bond donors (Lipinski definition) is 1. The first kappa shape index (κ1) is 23.5. The first-order valence-electron chi connectivity index (χ1n) is 9.15. The Morgan fingerprint density at radius 1 is 1.07 bits per heavy atom. The Labute approximate surface area is 184 Å². The Kier molecular flexibility index (Phi) is 8.95. The zero-order valence-corrected chi connectivity index (χ0v) is 18.1. The molecule has 0 bridgehead atoms. The van der Waals surface area contributed by atoms with E-state index < -0.39 is 24.4 Å². The number of amides is 2. The van der Waals surface area contributed by atoms with Crippen molar-refractivity contribution < 1.29 is 23.9 Å². The minimum absolute atomic E-state index is 0.276. The fraction of sp³-hybridized carbons (Fsp3) is 0.286. The van der Waals surface area contributed by atoms with Crippen LogP contribution in [-0.4, -0.2) is 49.5 Å². The van der Waals surface area contributed by atoms with Gasteiger partial charge in [-0.25, -0.2) is 0 Å².